The van der Waals surface area contributed by atoms with Gasteiger partial charge in [-0.2, -0.15) is 26.3 Å². The normalized spacial score (nSPS) is 28.8. The standard InChI is InChI=1S/C18H20F6O4/c1-9(26-15-7-13-14(8-25-15)28-16(2,3)27-13)10-4-11(17(19,20)21)6-12(5-10)18(22,23)24/h4-6,9,13-15H,7-8H2,1-3H3. The Bertz CT molecular complexity index is 683. The molecule has 0 saturated carbocycles. The van der Waals surface area contributed by atoms with Crippen LogP contribution in [0.1, 0.15) is 50.0 Å². The van der Waals surface area contributed by atoms with Crippen LogP contribution in [0.5, 0.6) is 0 Å². The Morgan fingerprint density at radius 2 is 1.50 bits per heavy atom. The Morgan fingerprint density at radius 3 is 2.04 bits per heavy atom. The van der Waals surface area contributed by atoms with Crippen LogP contribution in [0.2, 0.25) is 0 Å². The van der Waals surface area contributed by atoms with Crippen LogP contribution in [0.4, 0.5) is 26.3 Å². The van der Waals surface area contributed by atoms with Crippen LogP contribution in [0, 0.1) is 0 Å². The number of hydrogen-bond acceptors (Lipinski definition) is 4. The second-order valence-corrected chi connectivity index (χ2v) is 7.33. The van der Waals surface area contributed by atoms with Crippen molar-refractivity contribution in [2.75, 3.05) is 6.61 Å². The molecule has 28 heavy (non-hydrogen) atoms. The fourth-order valence-corrected chi connectivity index (χ4v) is 3.32. The average molecular weight is 414 g/mol. The predicted octanol–water partition coefficient (Wildman–Crippen LogP) is 5.07. The molecule has 2 aliphatic rings. The summed E-state index contributed by atoms with van der Waals surface area (Å²) in [6.07, 6.45) is -12.1. The molecule has 0 N–H and O–H groups in total. The fourth-order valence-electron chi connectivity index (χ4n) is 3.32. The molecule has 2 fully saturated rings. The minimum Gasteiger partial charge on any atom is -0.350 e. The summed E-state index contributed by atoms with van der Waals surface area (Å²) in [6, 6.07) is 1.40. The molecule has 2 heterocycles. The summed E-state index contributed by atoms with van der Waals surface area (Å²) in [5.74, 6) is -0.790. The molecule has 2 aliphatic heterocycles. The zero-order chi connectivity index (χ0) is 20.9. The van der Waals surface area contributed by atoms with Gasteiger partial charge in [-0.05, 0) is 44.5 Å². The number of hydrogen-bond donors (Lipinski definition) is 0. The van der Waals surface area contributed by atoms with E-state index >= 15 is 0 Å². The highest BCUT2D eigenvalue weighted by Gasteiger charge is 2.46. The van der Waals surface area contributed by atoms with Crippen molar-refractivity contribution in [3.05, 3.63) is 34.9 Å². The molecule has 4 nitrogen and oxygen atoms in total. The summed E-state index contributed by atoms with van der Waals surface area (Å²) in [6.45, 7) is 5.01. The first-order chi connectivity index (χ1) is 12.7. The van der Waals surface area contributed by atoms with Crippen LogP contribution in [0.3, 0.4) is 0 Å². The summed E-state index contributed by atoms with van der Waals surface area (Å²) in [4.78, 5) is 0. The molecule has 10 heteroatoms. The third kappa shape index (κ3) is 4.79. The summed E-state index contributed by atoms with van der Waals surface area (Å²) >= 11 is 0. The van der Waals surface area contributed by atoms with Crippen molar-refractivity contribution in [2.24, 2.45) is 0 Å². The number of fused-ring (bicyclic) bond motifs is 1. The minimum atomic E-state index is -4.91. The van der Waals surface area contributed by atoms with E-state index in [9.17, 15) is 26.3 Å². The van der Waals surface area contributed by atoms with Gasteiger partial charge in [-0.25, -0.2) is 0 Å². The Kier molecular flexibility index (Phi) is 5.46. The van der Waals surface area contributed by atoms with Gasteiger partial charge in [0.05, 0.1) is 29.9 Å². The van der Waals surface area contributed by atoms with Gasteiger partial charge in [0.1, 0.15) is 6.10 Å². The SMILES string of the molecule is CC(OC1CC2OC(C)(C)OC2CO1)c1cc(C(F)(F)F)cc(C(F)(F)F)c1. The van der Waals surface area contributed by atoms with Crippen molar-refractivity contribution in [1.29, 1.82) is 0 Å². The number of alkyl halides is 6. The minimum absolute atomic E-state index is 0.0870. The first-order valence-electron chi connectivity index (χ1n) is 8.67. The van der Waals surface area contributed by atoms with Gasteiger partial charge >= 0.3 is 12.4 Å². The third-order valence-electron chi connectivity index (χ3n) is 4.59. The largest absolute Gasteiger partial charge is 0.416 e. The van der Waals surface area contributed by atoms with E-state index in [0.29, 0.717) is 12.1 Å². The van der Waals surface area contributed by atoms with Gasteiger partial charge < -0.3 is 18.9 Å². The molecule has 1 aromatic rings. The maximum absolute atomic E-state index is 13.0. The molecule has 0 spiro atoms. The molecule has 0 bridgehead atoms. The van der Waals surface area contributed by atoms with Gasteiger partial charge in [0.15, 0.2) is 12.1 Å². The maximum Gasteiger partial charge on any atom is 0.416 e. The molecule has 4 unspecified atom stereocenters. The van der Waals surface area contributed by atoms with E-state index in [1.807, 2.05) is 0 Å². The average Bonchev–Trinajstić information content (AvgIpc) is 2.85. The number of halogens is 6. The summed E-state index contributed by atoms with van der Waals surface area (Å²) < 4.78 is 101. The van der Waals surface area contributed by atoms with E-state index in [4.69, 9.17) is 18.9 Å². The van der Waals surface area contributed by atoms with Crippen molar-refractivity contribution < 1.29 is 45.3 Å². The number of rotatable bonds is 3. The lowest BCUT2D eigenvalue weighted by Gasteiger charge is -2.31. The van der Waals surface area contributed by atoms with Gasteiger partial charge in [0.25, 0.3) is 0 Å². The maximum atomic E-state index is 13.0. The topological polar surface area (TPSA) is 36.9 Å². The Hall–Kier alpha value is -1.36. The zero-order valence-corrected chi connectivity index (χ0v) is 15.4. The van der Waals surface area contributed by atoms with Crippen molar-refractivity contribution in [1.82, 2.24) is 0 Å². The Labute approximate surface area is 157 Å². The van der Waals surface area contributed by atoms with Gasteiger partial charge in [-0.15, -0.1) is 0 Å². The summed E-state index contributed by atoms with van der Waals surface area (Å²) in [5.41, 5.74) is -3.00. The van der Waals surface area contributed by atoms with Gasteiger partial charge in [0.2, 0.25) is 0 Å². The zero-order valence-electron chi connectivity index (χ0n) is 15.4. The highest BCUT2D eigenvalue weighted by molar-refractivity contribution is 5.34. The van der Waals surface area contributed by atoms with E-state index in [0.717, 1.165) is 0 Å². The summed E-state index contributed by atoms with van der Waals surface area (Å²) in [5, 5.41) is 0. The van der Waals surface area contributed by atoms with Crippen LogP contribution in [-0.2, 0) is 31.3 Å². The molecule has 158 valence electrons. The highest BCUT2D eigenvalue weighted by Crippen LogP contribution is 2.39. The van der Waals surface area contributed by atoms with E-state index in [1.54, 1.807) is 13.8 Å². The first-order valence-corrected chi connectivity index (χ1v) is 8.67. The van der Waals surface area contributed by atoms with Crippen LogP contribution in [0.15, 0.2) is 18.2 Å². The van der Waals surface area contributed by atoms with E-state index in [2.05, 4.69) is 0 Å². The smallest absolute Gasteiger partial charge is 0.350 e. The van der Waals surface area contributed by atoms with Crippen molar-refractivity contribution in [2.45, 2.75) is 69.9 Å². The van der Waals surface area contributed by atoms with Crippen LogP contribution in [0.25, 0.3) is 0 Å². The second-order valence-electron chi connectivity index (χ2n) is 7.33. The van der Waals surface area contributed by atoms with Crippen LogP contribution >= 0.6 is 0 Å². The number of benzene rings is 1. The van der Waals surface area contributed by atoms with Crippen LogP contribution < -0.4 is 0 Å². The lowest BCUT2D eigenvalue weighted by molar-refractivity contribution is -0.214. The fraction of sp³-hybridized carbons (Fsp3) is 0.667. The Morgan fingerprint density at radius 1 is 0.964 bits per heavy atom. The van der Waals surface area contributed by atoms with E-state index in [1.165, 1.54) is 6.92 Å². The first kappa shape index (κ1) is 21.4. The molecule has 1 aromatic carbocycles. The van der Waals surface area contributed by atoms with Crippen molar-refractivity contribution >= 4 is 0 Å². The molecule has 2 saturated heterocycles. The Balaban J connectivity index is 1.76. The third-order valence-corrected chi connectivity index (χ3v) is 4.59. The van der Waals surface area contributed by atoms with Crippen molar-refractivity contribution in [3.8, 4) is 0 Å². The lowest BCUT2D eigenvalue weighted by Crippen LogP contribution is -2.40. The van der Waals surface area contributed by atoms with Gasteiger partial charge in [-0.3, -0.25) is 0 Å². The monoisotopic (exact) mass is 414 g/mol. The molecular weight excluding hydrogens is 394 g/mol. The van der Waals surface area contributed by atoms with Gasteiger partial charge in [0, 0.05) is 6.42 Å². The molecule has 4 atom stereocenters. The second kappa shape index (κ2) is 7.16. The molecule has 0 aliphatic carbocycles. The molecule has 0 radical (unpaired) electrons. The van der Waals surface area contributed by atoms with Crippen molar-refractivity contribution in [3.63, 3.8) is 0 Å². The van der Waals surface area contributed by atoms with Gasteiger partial charge in [-0.1, -0.05) is 0 Å². The highest BCUT2D eigenvalue weighted by atomic mass is 19.4. The predicted molar refractivity (Wildman–Crippen MR) is 84.1 cm³/mol. The molecule has 0 amide bonds. The molecule has 3 rings (SSSR count). The summed E-state index contributed by atoms with van der Waals surface area (Å²) in [7, 11) is 0. The number of ether oxygens (including phenoxy) is 4. The van der Waals surface area contributed by atoms with E-state index in [-0.39, 0.29) is 36.9 Å². The molecule has 0 aromatic heterocycles. The quantitative estimate of drug-likeness (QED) is 0.648. The molecular formula is C18H20F6O4. The lowest BCUT2D eigenvalue weighted by atomic mass is 10.0. The van der Waals surface area contributed by atoms with Crippen LogP contribution in [-0.4, -0.2) is 30.9 Å². The van der Waals surface area contributed by atoms with E-state index < -0.39 is 41.7 Å².